The Morgan fingerprint density at radius 3 is 2.22 bits per heavy atom. The van der Waals surface area contributed by atoms with Gasteiger partial charge in [-0.3, -0.25) is 15.0 Å². The fourth-order valence-electron chi connectivity index (χ4n) is 2.78. The van der Waals surface area contributed by atoms with E-state index in [2.05, 4.69) is 37.2 Å². The standard InChI is InChI=1S/C15H10F3N3.C8H3F2N4.Ir/c16-15(17,18)12-6-8-14(9-7-12)21-11-20(10-19-21)13-4-2-1-3-5-13;9-6-2-1-5(7(10)14-6)8-12-3-11-4-13-8;/h1-8,10-11H;2-4H;/q-2;-1;+3. The summed E-state index contributed by atoms with van der Waals surface area (Å²) in [5, 5.41) is 5.59. The van der Waals surface area contributed by atoms with Crippen LogP contribution in [-0.2, 0) is 26.3 Å². The van der Waals surface area contributed by atoms with Crippen molar-refractivity contribution in [3.63, 3.8) is 0 Å². The summed E-state index contributed by atoms with van der Waals surface area (Å²) >= 11 is 0. The molecule has 36 heavy (non-hydrogen) atoms. The minimum absolute atomic E-state index is 0. The van der Waals surface area contributed by atoms with Crippen molar-refractivity contribution >= 4 is 17.7 Å². The summed E-state index contributed by atoms with van der Waals surface area (Å²) in [4.78, 5) is 15.7. The smallest absolute Gasteiger partial charge is 0.463 e. The quantitative estimate of drug-likeness (QED) is 0.175. The molecule has 1 aliphatic rings. The zero-order chi connectivity index (χ0) is 24.8. The molecule has 0 bridgehead atoms. The molecule has 0 fully saturated rings. The Hall–Kier alpha value is -3.83. The van der Waals surface area contributed by atoms with Crippen LogP contribution in [0, 0.1) is 30.7 Å². The monoisotopic (exact) mass is 675 g/mol. The zero-order valence-electron chi connectivity index (χ0n) is 17.9. The third-order valence-electron chi connectivity index (χ3n) is 4.42. The Morgan fingerprint density at radius 1 is 0.889 bits per heavy atom. The van der Waals surface area contributed by atoms with Crippen LogP contribution in [0.3, 0.4) is 0 Å². The van der Waals surface area contributed by atoms with Crippen molar-refractivity contribution in [3.8, 4) is 11.4 Å². The van der Waals surface area contributed by atoms with Crippen LogP contribution in [-0.4, -0.2) is 26.3 Å². The van der Waals surface area contributed by atoms with Crippen LogP contribution in [0.1, 0.15) is 5.56 Å². The van der Waals surface area contributed by atoms with Crippen molar-refractivity contribution in [2.24, 2.45) is 5.10 Å². The average Bonchev–Trinajstić information content (AvgIpc) is 3.36. The molecular weight excluding hydrogens is 662 g/mol. The van der Waals surface area contributed by atoms with Gasteiger partial charge in [0.15, 0.2) is 0 Å². The van der Waals surface area contributed by atoms with Gasteiger partial charge >= 0.3 is 26.3 Å². The molecule has 4 aromatic rings. The van der Waals surface area contributed by atoms with Gasteiger partial charge in [0.2, 0.25) is 0 Å². The zero-order valence-corrected chi connectivity index (χ0v) is 20.3. The van der Waals surface area contributed by atoms with E-state index in [1.807, 2.05) is 30.3 Å². The number of pyridine rings is 1. The van der Waals surface area contributed by atoms with E-state index in [1.165, 1.54) is 23.7 Å². The normalized spacial score (nSPS) is 12.6. The summed E-state index contributed by atoms with van der Waals surface area (Å²) < 4.78 is 63.0. The van der Waals surface area contributed by atoms with Crippen molar-refractivity contribution < 1.29 is 42.1 Å². The summed E-state index contributed by atoms with van der Waals surface area (Å²) in [5.41, 5.74) is 0.552. The van der Waals surface area contributed by atoms with E-state index in [1.54, 1.807) is 17.9 Å². The van der Waals surface area contributed by atoms with Gasteiger partial charge in [0.05, 0.1) is 12.2 Å². The molecule has 0 saturated carbocycles. The molecule has 5 rings (SSSR count). The first kappa shape index (κ1) is 26.8. The van der Waals surface area contributed by atoms with Gasteiger partial charge in [0, 0.05) is 5.69 Å². The average molecular weight is 675 g/mol. The summed E-state index contributed by atoms with van der Waals surface area (Å²) in [6.45, 7) is 1.68. The first-order valence-electron chi connectivity index (χ1n) is 9.78. The second-order valence-electron chi connectivity index (χ2n) is 6.74. The van der Waals surface area contributed by atoms with Crippen molar-refractivity contribution in [1.29, 1.82) is 0 Å². The minimum atomic E-state index is -4.36. The van der Waals surface area contributed by atoms with Gasteiger partial charge in [0.25, 0.3) is 0 Å². The van der Waals surface area contributed by atoms with Gasteiger partial charge in [-0.2, -0.15) is 36.5 Å². The second kappa shape index (κ2) is 11.7. The SMILES string of the molecule is FC(F)(F)c1c[c-]c(N2[CH-]N(c3ccccc3)C=N2)cc1.Fc1c[c-]c(-c2ncncn2)c(F)n1.[Ir+3]. The Morgan fingerprint density at radius 2 is 1.61 bits per heavy atom. The van der Waals surface area contributed by atoms with Gasteiger partial charge in [-0.25, -0.2) is 13.8 Å². The van der Waals surface area contributed by atoms with Gasteiger partial charge in [0.1, 0.15) is 24.6 Å². The van der Waals surface area contributed by atoms with Crippen LogP contribution in [0.2, 0.25) is 0 Å². The number of para-hydroxylation sites is 1. The number of hydrogen-bond donors (Lipinski definition) is 0. The Labute approximate surface area is 215 Å². The minimum Gasteiger partial charge on any atom is -0.463 e. The number of anilines is 2. The van der Waals surface area contributed by atoms with E-state index in [4.69, 9.17) is 0 Å². The maximum Gasteiger partial charge on any atom is 3.00 e. The fraction of sp³-hybridized carbons (Fsp3) is 0.0435. The van der Waals surface area contributed by atoms with Crippen LogP contribution in [0.4, 0.5) is 33.3 Å². The Bertz CT molecular complexity index is 1290. The Kier molecular flexibility index (Phi) is 8.73. The predicted octanol–water partition coefficient (Wildman–Crippen LogP) is 4.90. The van der Waals surface area contributed by atoms with Crippen molar-refractivity contribution in [3.05, 3.63) is 104 Å². The number of hydrazone groups is 1. The molecule has 1 aliphatic heterocycles. The molecule has 2 aromatic heterocycles. The number of aromatic nitrogens is 4. The number of rotatable bonds is 3. The van der Waals surface area contributed by atoms with Crippen molar-refractivity contribution in [2.75, 3.05) is 9.91 Å². The summed E-state index contributed by atoms with van der Waals surface area (Å²) in [6, 6.07) is 18.6. The van der Waals surface area contributed by atoms with E-state index in [0.717, 1.165) is 23.9 Å². The summed E-state index contributed by atoms with van der Waals surface area (Å²) in [6.07, 6.45) is -0.359. The predicted molar refractivity (Wildman–Crippen MR) is 116 cm³/mol. The molecule has 0 radical (unpaired) electrons. The van der Waals surface area contributed by atoms with E-state index < -0.39 is 23.6 Å². The van der Waals surface area contributed by atoms with Gasteiger partial charge in [-0.15, -0.1) is 18.8 Å². The molecule has 0 aliphatic carbocycles. The number of benzene rings is 2. The molecule has 0 unspecified atom stereocenters. The van der Waals surface area contributed by atoms with E-state index in [9.17, 15) is 22.0 Å². The molecule has 13 heteroatoms. The molecule has 0 amide bonds. The Balaban J connectivity index is 0.000000210. The largest absolute Gasteiger partial charge is 3.00 e. The second-order valence-corrected chi connectivity index (χ2v) is 6.74. The van der Waals surface area contributed by atoms with Crippen LogP contribution < -0.4 is 9.91 Å². The van der Waals surface area contributed by atoms with E-state index in [0.29, 0.717) is 5.69 Å². The van der Waals surface area contributed by atoms with E-state index in [-0.39, 0.29) is 31.5 Å². The summed E-state index contributed by atoms with van der Waals surface area (Å²) in [7, 11) is 0. The van der Waals surface area contributed by atoms with Crippen molar-refractivity contribution in [2.45, 2.75) is 6.18 Å². The third kappa shape index (κ3) is 6.64. The maximum absolute atomic E-state index is 13.1. The van der Waals surface area contributed by atoms with Gasteiger partial charge < -0.3 is 9.91 Å². The number of hydrogen-bond acceptors (Lipinski definition) is 7. The molecular formula is C23H13F5IrN7. The molecule has 7 nitrogen and oxygen atoms in total. The summed E-state index contributed by atoms with van der Waals surface area (Å²) in [5.74, 6) is -1.85. The molecule has 0 spiro atoms. The van der Waals surface area contributed by atoms with Gasteiger partial charge in [-0.1, -0.05) is 41.1 Å². The van der Waals surface area contributed by atoms with Crippen LogP contribution >= 0.6 is 0 Å². The van der Waals surface area contributed by atoms with Crippen LogP contribution in [0.5, 0.6) is 0 Å². The first-order valence-corrected chi connectivity index (χ1v) is 9.78. The van der Waals surface area contributed by atoms with E-state index >= 15 is 0 Å². The van der Waals surface area contributed by atoms with Crippen molar-refractivity contribution in [1.82, 2.24) is 19.9 Å². The van der Waals surface area contributed by atoms with Crippen LogP contribution in [0.25, 0.3) is 11.4 Å². The van der Waals surface area contributed by atoms with Crippen LogP contribution in [0.15, 0.2) is 72.4 Å². The molecule has 0 atom stereocenters. The topological polar surface area (TPSA) is 70.4 Å². The molecule has 0 saturated heterocycles. The molecule has 2 aromatic carbocycles. The fourth-order valence-corrected chi connectivity index (χ4v) is 2.78. The maximum atomic E-state index is 13.1. The molecule has 184 valence electrons. The third-order valence-corrected chi connectivity index (χ3v) is 4.42. The molecule has 3 heterocycles. The number of halogens is 5. The molecule has 0 N–H and O–H groups in total. The first-order chi connectivity index (χ1) is 16.8. The van der Waals surface area contributed by atoms with Gasteiger partial charge in [-0.05, 0) is 12.1 Å². The number of alkyl halides is 3. The number of nitrogens with zero attached hydrogens (tertiary/aromatic N) is 7.